The van der Waals surface area contributed by atoms with E-state index in [1.54, 1.807) is 13.8 Å². The van der Waals surface area contributed by atoms with E-state index in [1.807, 2.05) is 0 Å². The van der Waals surface area contributed by atoms with Crippen molar-refractivity contribution >= 4 is 41.0 Å². The number of ketones is 1. The van der Waals surface area contributed by atoms with Crippen molar-refractivity contribution in [3.8, 4) is 0 Å². The largest absolute Gasteiger partial charge is 0.344 e. The van der Waals surface area contributed by atoms with E-state index in [0.29, 0.717) is 19.4 Å². The van der Waals surface area contributed by atoms with Gasteiger partial charge in [-0.15, -0.1) is 11.6 Å². The molecule has 1 saturated heterocycles. The first-order chi connectivity index (χ1) is 14.4. The third-order valence-corrected chi connectivity index (χ3v) is 5.44. The molecule has 176 valence electrons. The predicted octanol–water partition coefficient (Wildman–Crippen LogP) is -0.717. The number of nitrogens with one attached hydrogen (secondary N) is 3. The van der Waals surface area contributed by atoms with Crippen molar-refractivity contribution in [1.29, 1.82) is 0 Å². The summed E-state index contributed by atoms with van der Waals surface area (Å²) in [6, 6.07) is -4.00. The highest BCUT2D eigenvalue weighted by atomic mass is 35.5. The number of rotatable bonds is 10. The van der Waals surface area contributed by atoms with E-state index in [0.717, 1.165) is 0 Å². The minimum Gasteiger partial charge on any atom is -0.344 e. The lowest BCUT2D eigenvalue weighted by molar-refractivity contribution is -0.142. The van der Waals surface area contributed by atoms with Crippen LogP contribution in [0.1, 0.15) is 47.5 Å². The van der Waals surface area contributed by atoms with Crippen LogP contribution in [0.15, 0.2) is 0 Å². The third-order valence-electron chi connectivity index (χ3n) is 5.18. The van der Waals surface area contributed by atoms with Crippen LogP contribution in [0.3, 0.4) is 0 Å². The number of nitrogens with two attached hydrogens (primary N) is 1. The van der Waals surface area contributed by atoms with Crippen LogP contribution in [0.5, 0.6) is 0 Å². The first kappa shape index (κ1) is 26.8. The number of amides is 4. The van der Waals surface area contributed by atoms with Gasteiger partial charge in [-0.1, -0.05) is 13.8 Å². The first-order valence-corrected chi connectivity index (χ1v) is 11.0. The van der Waals surface area contributed by atoms with Gasteiger partial charge in [-0.25, -0.2) is 0 Å². The summed E-state index contributed by atoms with van der Waals surface area (Å²) < 4.78 is 0. The number of Topliss-reactive ketones (excluding diaryl/α,β-unsaturated/α-hetero) is 1. The minimum absolute atomic E-state index is 0.146. The number of halogens is 1. The molecule has 10 nitrogen and oxygen atoms in total. The fourth-order valence-electron chi connectivity index (χ4n) is 3.31. The quantitative estimate of drug-likeness (QED) is 0.316. The molecule has 5 N–H and O–H groups in total. The van der Waals surface area contributed by atoms with Gasteiger partial charge in [-0.2, -0.15) is 0 Å². The average molecular weight is 460 g/mol. The number of alkyl halides is 1. The second-order valence-electron chi connectivity index (χ2n) is 8.27. The summed E-state index contributed by atoms with van der Waals surface area (Å²) >= 11 is 5.64. The zero-order valence-corrected chi connectivity index (χ0v) is 19.5. The normalized spacial score (nSPS) is 19.9. The van der Waals surface area contributed by atoms with E-state index in [2.05, 4.69) is 16.0 Å². The van der Waals surface area contributed by atoms with E-state index in [1.165, 1.54) is 25.7 Å². The Hall–Kier alpha value is -2.20. The number of nitrogens with zero attached hydrogens (tertiary/aromatic N) is 1. The van der Waals surface area contributed by atoms with Crippen molar-refractivity contribution in [1.82, 2.24) is 20.9 Å². The van der Waals surface area contributed by atoms with Crippen LogP contribution in [-0.2, 0) is 24.0 Å². The number of hydrogen-bond acceptors (Lipinski definition) is 6. The van der Waals surface area contributed by atoms with Crippen molar-refractivity contribution in [3.05, 3.63) is 0 Å². The van der Waals surface area contributed by atoms with E-state index < -0.39 is 53.8 Å². The van der Waals surface area contributed by atoms with Gasteiger partial charge in [0, 0.05) is 6.54 Å². The van der Waals surface area contributed by atoms with Gasteiger partial charge >= 0.3 is 0 Å². The maximum Gasteiger partial charge on any atom is 0.245 e. The molecule has 1 rings (SSSR count). The van der Waals surface area contributed by atoms with Crippen LogP contribution in [0, 0.1) is 5.92 Å². The Labute approximate surface area is 188 Å². The lowest BCUT2D eigenvalue weighted by Crippen LogP contribution is -2.57. The van der Waals surface area contributed by atoms with Crippen LogP contribution in [0.2, 0.25) is 0 Å². The third kappa shape index (κ3) is 7.46. The lowest BCUT2D eigenvalue weighted by Gasteiger charge is -2.29. The summed E-state index contributed by atoms with van der Waals surface area (Å²) in [4.78, 5) is 63.1. The molecule has 0 saturated carbocycles. The van der Waals surface area contributed by atoms with Crippen LogP contribution >= 0.6 is 11.6 Å². The fourth-order valence-corrected chi connectivity index (χ4v) is 3.48. The maximum atomic E-state index is 12.9. The molecule has 11 heteroatoms. The number of hydrogen-bond donors (Lipinski definition) is 4. The van der Waals surface area contributed by atoms with Gasteiger partial charge in [-0.05, 0) is 39.5 Å². The monoisotopic (exact) mass is 459 g/mol. The molecule has 5 atom stereocenters. The zero-order chi connectivity index (χ0) is 23.9. The Morgan fingerprint density at radius 2 is 1.55 bits per heavy atom. The van der Waals surface area contributed by atoms with Gasteiger partial charge in [0.15, 0.2) is 5.78 Å². The molecule has 0 aliphatic carbocycles. The van der Waals surface area contributed by atoms with Gasteiger partial charge in [0.1, 0.15) is 18.1 Å². The van der Waals surface area contributed by atoms with Gasteiger partial charge in [0.05, 0.1) is 18.0 Å². The molecular weight excluding hydrogens is 426 g/mol. The molecule has 1 heterocycles. The Bertz CT molecular complexity index is 699. The van der Waals surface area contributed by atoms with Gasteiger partial charge in [0.25, 0.3) is 0 Å². The number of carbonyl (C=O) groups excluding carboxylic acids is 5. The first-order valence-electron chi connectivity index (χ1n) is 10.5. The molecule has 0 aromatic heterocycles. The number of likely N-dealkylation sites (tertiary alicyclic amines) is 1. The number of carbonyl (C=O) groups is 5. The maximum absolute atomic E-state index is 12.9. The SMILES string of the molecule is CC(N)C(=O)NC(C)C(=O)NC(C)C(=O)N1CCCC1C(=O)NC(C(=O)CCl)C(C)C. The predicted molar refractivity (Wildman–Crippen MR) is 116 cm³/mol. The summed E-state index contributed by atoms with van der Waals surface area (Å²) in [5, 5.41) is 7.73. The summed E-state index contributed by atoms with van der Waals surface area (Å²) in [6.07, 6.45) is 1.08. The van der Waals surface area contributed by atoms with Crippen LogP contribution in [-0.4, -0.2) is 76.9 Å². The molecule has 0 aromatic carbocycles. The molecule has 4 amide bonds. The van der Waals surface area contributed by atoms with Gasteiger partial charge in [0.2, 0.25) is 23.6 Å². The average Bonchev–Trinajstić information content (AvgIpc) is 3.19. The molecule has 5 unspecified atom stereocenters. The summed E-state index contributed by atoms with van der Waals surface area (Å²) in [7, 11) is 0. The minimum atomic E-state index is -0.902. The Morgan fingerprint density at radius 1 is 0.968 bits per heavy atom. The standard InChI is InChI=1S/C20H34ClN5O5/c1-10(2)16(15(27)9-21)25-19(30)14-7-6-8-26(14)20(31)13(5)24-18(29)12(4)23-17(28)11(3)22/h10-14,16H,6-9,22H2,1-5H3,(H,23,28)(H,24,29)(H,25,30). The zero-order valence-electron chi connectivity index (χ0n) is 18.7. The molecular formula is C20H34ClN5O5. The van der Waals surface area contributed by atoms with Crippen molar-refractivity contribution in [3.63, 3.8) is 0 Å². The summed E-state index contributed by atoms with van der Waals surface area (Å²) in [5.41, 5.74) is 5.47. The highest BCUT2D eigenvalue weighted by molar-refractivity contribution is 6.28. The summed E-state index contributed by atoms with van der Waals surface area (Å²) in [5.74, 6) is -2.50. The van der Waals surface area contributed by atoms with Crippen LogP contribution in [0.4, 0.5) is 0 Å². The molecule has 0 bridgehead atoms. The van der Waals surface area contributed by atoms with E-state index in [4.69, 9.17) is 17.3 Å². The van der Waals surface area contributed by atoms with Crippen molar-refractivity contribution < 1.29 is 24.0 Å². The molecule has 1 aliphatic rings. The van der Waals surface area contributed by atoms with E-state index >= 15 is 0 Å². The molecule has 1 aliphatic heterocycles. The van der Waals surface area contributed by atoms with Crippen LogP contribution in [0.25, 0.3) is 0 Å². The summed E-state index contributed by atoms with van der Waals surface area (Å²) in [6.45, 7) is 8.46. The van der Waals surface area contributed by atoms with Gasteiger partial charge < -0.3 is 26.6 Å². The second kappa shape index (κ2) is 12.0. The van der Waals surface area contributed by atoms with Crippen molar-refractivity contribution in [2.75, 3.05) is 12.4 Å². The topological polar surface area (TPSA) is 151 Å². The van der Waals surface area contributed by atoms with E-state index in [-0.39, 0.29) is 17.6 Å². The smallest absolute Gasteiger partial charge is 0.245 e. The van der Waals surface area contributed by atoms with Gasteiger partial charge in [-0.3, -0.25) is 24.0 Å². The second-order valence-corrected chi connectivity index (χ2v) is 8.54. The highest BCUT2D eigenvalue weighted by Gasteiger charge is 2.38. The Morgan fingerprint density at radius 3 is 2.06 bits per heavy atom. The van der Waals surface area contributed by atoms with Crippen LogP contribution < -0.4 is 21.7 Å². The lowest BCUT2D eigenvalue weighted by atomic mass is 10.00. The van der Waals surface area contributed by atoms with E-state index in [9.17, 15) is 24.0 Å². The highest BCUT2D eigenvalue weighted by Crippen LogP contribution is 2.19. The molecule has 0 aromatic rings. The molecule has 0 radical (unpaired) electrons. The fraction of sp³-hybridized carbons (Fsp3) is 0.750. The molecule has 0 spiro atoms. The molecule has 1 fully saturated rings. The molecule has 31 heavy (non-hydrogen) atoms. The van der Waals surface area contributed by atoms with Crippen molar-refractivity contribution in [2.24, 2.45) is 11.7 Å². The Balaban J connectivity index is 2.76. The Kier molecular flexibility index (Phi) is 10.4. The van der Waals surface area contributed by atoms with Crippen molar-refractivity contribution in [2.45, 2.75) is 77.7 Å².